The highest BCUT2D eigenvalue weighted by atomic mass is 16.5. The fourth-order valence-electron chi connectivity index (χ4n) is 1.71. The maximum absolute atomic E-state index is 11.6. The highest BCUT2D eigenvalue weighted by molar-refractivity contribution is 5.76. The van der Waals surface area contributed by atoms with E-state index in [-0.39, 0.29) is 18.6 Å². The first-order valence-electron chi connectivity index (χ1n) is 6.67. The number of hydrogen-bond acceptors (Lipinski definition) is 3. The monoisotopic (exact) mass is 265 g/mol. The molecule has 0 radical (unpaired) electrons. The molecule has 4 heteroatoms. The first-order chi connectivity index (χ1) is 9.08. The second-order valence-corrected chi connectivity index (χ2v) is 4.65. The van der Waals surface area contributed by atoms with Crippen LogP contribution < -0.4 is 10.1 Å². The molecule has 0 aliphatic heterocycles. The van der Waals surface area contributed by atoms with E-state index in [0.29, 0.717) is 13.0 Å². The quantitative estimate of drug-likeness (QED) is 0.792. The lowest BCUT2D eigenvalue weighted by Gasteiger charge is -2.14. The van der Waals surface area contributed by atoms with Gasteiger partial charge in [0.1, 0.15) is 5.75 Å². The van der Waals surface area contributed by atoms with Gasteiger partial charge >= 0.3 is 0 Å². The van der Waals surface area contributed by atoms with Gasteiger partial charge in [0.05, 0.1) is 25.7 Å². The maximum Gasteiger partial charge on any atom is 0.223 e. The Bertz CT molecular complexity index is 414. The van der Waals surface area contributed by atoms with Crippen molar-refractivity contribution in [3.05, 3.63) is 29.3 Å². The topological polar surface area (TPSA) is 58.6 Å². The maximum atomic E-state index is 11.6. The van der Waals surface area contributed by atoms with Crippen LogP contribution in [-0.2, 0) is 4.79 Å². The number of ether oxygens (including phenoxy) is 1. The van der Waals surface area contributed by atoms with Crippen LogP contribution in [0.15, 0.2) is 18.2 Å². The van der Waals surface area contributed by atoms with Crippen LogP contribution in [-0.4, -0.2) is 30.3 Å². The number of amides is 1. The minimum Gasteiger partial charge on any atom is -0.493 e. The average Bonchev–Trinajstić information content (AvgIpc) is 2.41. The number of carbonyl (C=O) groups excluding carboxylic acids is 1. The first kappa shape index (κ1) is 15.5. The van der Waals surface area contributed by atoms with E-state index in [9.17, 15) is 4.79 Å². The molecule has 0 aromatic heterocycles. The molecule has 2 N–H and O–H groups in total. The number of aliphatic hydroxyl groups is 1. The average molecular weight is 265 g/mol. The Hall–Kier alpha value is -1.55. The molecule has 0 fully saturated rings. The Labute approximate surface area is 114 Å². The van der Waals surface area contributed by atoms with Gasteiger partial charge in [0, 0.05) is 0 Å². The van der Waals surface area contributed by atoms with Crippen molar-refractivity contribution in [2.75, 3.05) is 13.2 Å². The summed E-state index contributed by atoms with van der Waals surface area (Å²) in [4.78, 5) is 11.6. The van der Waals surface area contributed by atoms with Crippen molar-refractivity contribution in [1.82, 2.24) is 5.32 Å². The summed E-state index contributed by atoms with van der Waals surface area (Å²) in [6, 6.07) is 5.72. The summed E-state index contributed by atoms with van der Waals surface area (Å²) in [5.41, 5.74) is 2.28. The van der Waals surface area contributed by atoms with E-state index >= 15 is 0 Å². The van der Waals surface area contributed by atoms with Crippen molar-refractivity contribution in [2.45, 2.75) is 39.7 Å². The lowest BCUT2D eigenvalue weighted by molar-refractivity contribution is -0.122. The van der Waals surface area contributed by atoms with E-state index < -0.39 is 0 Å². The van der Waals surface area contributed by atoms with Gasteiger partial charge in [-0.15, -0.1) is 0 Å². The number of benzene rings is 1. The van der Waals surface area contributed by atoms with Crippen molar-refractivity contribution in [1.29, 1.82) is 0 Å². The minimum absolute atomic E-state index is 0.0277. The SMILES string of the molecule is CC[C@H](CO)NC(=O)CCOc1cccc(C)c1C. The number of hydrogen-bond donors (Lipinski definition) is 2. The van der Waals surface area contributed by atoms with Crippen molar-refractivity contribution >= 4 is 5.91 Å². The molecular weight excluding hydrogens is 242 g/mol. The van der Waals surface area contributed by atoms with E-state index in [1.165, 1.54) is 5.56 Å². The molecule has 0 spiro atoms. The van der Waals surface area contributed by atoms with Crippen molar-refractivity contribution < 1.29 is 14.6 Å². The highest BCUT2D eigenvalue weighted by Gasteiger charge is 2.09. The summed E-state index contributed by atoms with van der Waals surface area (Å²) in [6.07, 6.45) is 1.02. The van der Waals surface area contributed by atoms with Crippen LogP contribution in [0.25, 0.3) is 0 Å². The summed E-state index contributed by atoms with van der Waals surface area (Å²) in [6.45, 7) is 6.28. The van der Waals surface area contributed by atoms with Crippen molar-refractivity contribution in [3.63, 3.8) is 0 Å². The Balaban J connectivity index is 2.38. The smallest absolute Gasteiger partial charge is 0.223 e. The van der Waals surface area contributed by atoms with Crippen LogP contribution in [0.4, 0.5) is 0 Å². The molecule has 106 valence electrons. The lowest BCUT2D eigenvalue weighted by atomic mass is 10.1. The summed E-state index contributed by atoms with van der Waals surface area (Å²) in [7, 11) is 0. The van der Waals surface area contributed by atoms with Crippen molar-refractivity contribution in [3.8, 4) is 5.75 Å². The summed E-state index contributed by atoms with van der Waals surface area (Å²) < 4.78 is 5.61. The Morgan fingerprint density at radius 3 is 2.79 bits per heavy atom. The second-order valence-electron chi connectivity index (χ2n) is 4.65. The molecule has 0 aliphatic carbocycles. The minimum atomic E-state index is -0.159. The molecule has 0 unspecified atom stereocenters. The molecule has 0 saturated carbocycles. The Morgan fingerprint density at radius 1 is 1.42 bits per heavy atom. The fourth-order valence-corrected chi connectivity index (χ4v) is 1.71. The predicted molar refractivity (Wildman–Crippen MR) is 75.3 cm³/mol. The van der Waals surface area contributed by atoms with E-state index in [4.69, 9.17) is 9.84 Å². The third kappa shape index (κ3) is 4.91. The van der Waals surface area contributed by atoms with Gasteiger partial charge in [0.25, 0.3) is 0 Å². The Morgan fingerprint density at radius 2 is 2.16 bits per heavy atom. The zero-order valence-electron chi connectivity index (χ0n) is 11.9. The van der Waals surface area contributed by atoms with Crippen LogP contribution in [0.5, 0.6) is 5.75 Å². The van der Waals surface area contributed by atoms with Gasteiger partial charge in [-0.2, -0.15) is 0 Å². The molecule has 1 rings (SSSR count). The van der Waals surface area contributed by atoms with Gasteiger partial charge in [-0.3, -0.25) is 4.79 Å². The lowest BCUT2D eigenvalue weighted by Crippen LogP contribution is -2.37. The predicted octanol–water partition coefficient (Wildman–Crippen LogP) is 1.96. The molecule has 19 heavy (non-hydrogen) atoms. The Kier molecular flexibility index (Phi) is 6.36. The molecule has 0 saturated heterocycles. The van der Waals surface area contributed by atoms with Gasteiger partial charge in [-0.05, 0) is 37.5 Å². The van der Waals surface area contributed by atoms with Gasteiger partial charge in [-0.25, -0.2) is 0 Å². The molecule has 1 amide bonds. The van der Waals surface area contributed by atoms with E-state index in [1.807, 2.05) is 39.0 Å². The van der Waals surface area contributed by atoms with E-state index in [2.05, 4.69) is 5.32 Å². The third-order valence-corrected chi connectivity index (χ3v) is 3.22. The van der Waals surface area contributed by atoms with E-state index in [0.717, 1.165) is 17.7 Å². The zero-order chi connectivity index (χ0) is 14.3. The van der Waals surface area contributed by atoms with Crippen LogP contribution in [0.1, 0.15) is 30.9 Å². The number of nitrogens with one attached hydrogen (secondary N) is 1. The molecule has 0 bridgehead atoms. The van der Waals surface area contributed by atoms with Crippen LogP contribution in [0, 0.1) is 13.8 Å². The summed E-state index contributed by atoms with van der Waals surface area (Å²) in [5.74, 6) is 0.730. The van der Waals surface area contributed by atoms with Crippen LogP contribution >= 0.6 is 0 Å². The number of rotatable bonds is 7. The van der Waals surface area contributed by atoms with Crippen LogP contribution in [0.3, 0.4) is 0 Å². The molecule has 0 aliphatic rings. The molecular formula is C15H23NO3. The van der Waals surface area contributed by atoms with Gasteiger partial charge in [-0.1, -0.05) is 19.1 Å². The highest BCUT2D eigenvalue weighted by Crippen LogP contribution is 2.20. The zero-order valence-corrected chi connectivity index (χ0v) is 11.9. The molecule has 0 heterocycles. The number of aryl methyl sites for hydroxylation is 1. The van der Waals surface area contributed by atoms with Gasteiger partial charge in [0.2, 0.25) is 5.91 Å². The molecule has 1 atom stereocenters. The largest absolute Gasteiger partial charge is 0.493 e. The number of aliphatic hydroxyl groups excluding tert-OH is 1. The van der Waals surface area contributed by atoms with Gasteiger partial charge < -0.3 is 15.2 Å². The number of carbonyl (C=O) groups is 1. The summed E-state index contributed by atoms with van der Waals surface area (Å²) in [5, 5.41) is 11.8. The second kappa shape index (κ2) is 7.79. The molecule has 1 aromatic carbocycles. The summed E-state index contributed by atoms with van der Waals surface area (Å²) >= 11 is 0. The third-order valence-electron chi connectivity index (χ3n) is 3.22. The van der Waals surface area contributed by atoms with Gasteiger partial charge in [0.15, 0.2) is 0 Å². The first-order valence-corrected chi connectivity index (χ1v) is 6.67. The van der Waals surface area contributed by atoms with E-state index in [1.54, 1.807) is 0 Å². The van der Waals surface area contributed by atoms with Crippen molar-refractivity contribution in [2.24, 2.45) is 0 Å². The molecule has 4 nitrogen and oxygen atoms in total. The standard InChI is InChI=1S/C15H23NO3/c1-4-13(10-17)16-15(18)8-9-19-14-7-5-6-11(2)12(14)3/h5-7,13,17H,4,8-10H2,1-3H3,(H,16,18)/t13-/m1/s1. The van der Waals surface area contributed by atoms with Crippen LogP contribution in [0.2, 0.25) is 0 Å². The molecule has 1 aromatic rings. The fraction of sp³-hybridized carbons (Fsp3) is 0.533. The normalized spacial score (nSPS) is 12.0.